The van der Waals surface area contributed by atoms with Crippen LogP contribution in [0.25, 0.3) is 10.9 Å². The van der Waals surface area contributed by atoms with Gasteiger partial charge in [0.2, 0.25) is 11.9 Å². The number of aryl methyl sites for hydroxylation is 2. The maximum atomic E-state index is 4.79. The van der Waals surface area contributed by atoms with Crippen molar-refractivity contribution in [3.63, 3.8) is 0 Å². The van der Waals surface area contributed by atoms with Crippen LogP contribution in [0.1, 0.15) is 11.4 Å². The second-order valence-electron chi connectivity index (χ2n) is 6.98. The molecule has 3 heterocycles. The fourth-order valence-electron chi connectivity index (χ4n) is 3.46. The molecular formula is C21H25N7. The molecule has 7 nitrogen and oxygen atoms in total. The van der Waals surface area contributed by atoms with Crippen LogP contribution >= 0.6 is 0 Å². The van der Waals surface area contributed by atoms with Gasteiger partial charge < -0.3 is 15.1 Å². The van der Waals surface area contributed by atoms with E-state index in [1.165, 1.54) is 0 Å². The number of rotatable bonds is 5. The molecule has 0 amide bonds. The van der Waals surface area contributed by atoms with Crippen molar-refractivity contribution >= 4 is 28.6 Å². The fourth-order valence-corrected chi connectivity index (χ4v) is 3.46. The van der Waals surface area contributed by atoms with E-state index in [4.69, 9.17) is 9.97 Å². The van der Waals surface area contributed by atoms with Gasteiger partial charge >= 0.3 is 0 Å². The zero-order valence-electron chi connectivity index (χ0n) is 16.4. The zero-order valence-corrected chi connectivity index (χ0v) is 16.4. The smallest absolute Gasteiger partial charge is 0.228 e. The van der Waals surface area contributed by atoms with E-state index in [0.29, 0.717) is 6.54 Å². The molecule has 0 atom stereocenters. The van der Waals surface area contributed by atoms with E-state index in [1.807, 2.05) is 50.3 Å². The van der Waals surface area contributed by atoms with Crippen LogP contribution in [0.2, 0.25) is 0 Å². The van der Waals surface area contributed by atoms with Gasteiger partial charge in [0.25, 0.3) is 0 Å². The highest BCUT2D eigenvalue weighted by Gasteiger charge is 2.22. The Labute approximate surface area is 165 Å². The minimum atomic E-state index is 0.665. The van der Waals surface area contributed by atoms with Gasteiger partial charge in [-0.3, -0.25) is 0 Å². The van der Waals surface area contributed by atoms with Gasteiger partial charge in [-0.2, -0.15) is 4.98 Å². The van der Waals surface area contributed by atoms with Crippen LogP contribution in [0.15, 0.2) is 43.0 Å². The average molecular weight is 375 g/mol. The first-order chi connectivity index (χ1) is 13.6. The third-order valence-electron chi connectivity index (χ3n) is 4.82. The number of fused-ring (bicyclic) bond motifs is 1. The molecule has 4 rings (SSSR count). The summed E-state index contributed by atoms with van der Waals surface area (Å²) in [6, 6.07) is 10.1. The third-order valence-corrected chi connectivity index (χ3v) is 4.82. The molecular weight excluding hydrogens is 350 g/mol. The molecule has 1 N–H and O–H groups in total. The van der Waals surface area contributed by atoms with E-state index in [-0.39, 0.29) is 0 Å². The molecule has 28 heavy (non-hydrogen) atoms. The molecule has 1 fully saturated rings. The lowest BCUT2D eigenvalue weighted by atomic mass is 10.2. The Morgan fingerprint density at radius 2 is 1.54 bits per heavy atom. The number of piperazine rings is 1. The number of aromatic nitrogens is 4. The molecule has 1 aromatic carbocycles. The van der Waals surface area contributed by atoms with Crippen LogP contribution in [0, 0.1) is 13.8 Å². The lowest BCUT2D eigenvalue weighted by Crippen LogP contribution is -2.47. The van der Waals surface area contributed by atoms with E-state index in [2.05, 4.69) is 31.7 Å². The third kappa shape index (κ3) is 3.74. The van der Waals surface area contributed by atoms with Crippen LogP contribution in [-0.4, -0.2) is 52.7 Å². The monoisotopic (exact) mass is 375 g/mol. The molecule has 0 unspecified atom stereocenters. The van der Waals surface area contributed by atoms with Crippen LogP contribution in [0.5, 0.6) is 0 Å². The Hall–Kier alpha value is -3.22. The normalized spacial score (nSPS) is 14.4. The molecule has 144 valence electrons. The maximum Gasteiger partial charge on any atom is 0.228 e. The number of hydrogen-bond donors (Lipinski definition) is 1. The highest BCUT2D eigenvalue weighted by molar-refractivity contribution is 5.90. The lowest BCUT2D eigenvalue weighted by molar-refractivity contribution is 0.627. The highest BCUT2D eigenvalue weighted by Crippen LogP contribution is 2.24. The number of hydrogen-bond acceptors (Lipinski definition) is 7. The average Bonchev–Trinajstić information content (AvgIpc) is 2.71. The molecule has 1 aliphatic rings. The molecule has 0 saturated carbocycles. The predicted octanol–water partition coefficient (Wildman–Crippen LogP) is 2.96. The Morgan fingerprint density at radius 1 is 0.929 bits per heavy atom. The summed E-state index contributed by atoms with van der Waals surface area (Å²) in [5.41, 5.74) is 2.94. The molecule has 0 bridgehead atoms. The molecule has 7 heteroatoms. The molecule has 2 aromatic heterocycles. The van der Waals surface area contributed by atoms with Gasteiger partial charge in [0.15, 0.2) is 0 Å². The van der Waals surface area contributed by atoms with E-state index in [9.17, 15) is 0 Å². The summed E-state index contributed by atoms with van der Waals surface area (Å²) in [7, 11) is 0. The molecule has 0 aliphatic carbocycles. The first-order valence-electron chi connectivity index (χ1n) is 9.58. The zero-order chi connectivity index (χ0) is 19.5. The van der Waals surface area contributed by atoms with Gasteiger partial charge in [-0.05, 0) is 32.0 Å². The molecule has 0 spiro atoms. The predicted molar refractivity (Wildman–Crippen MR) is 114 cm³/mol. The number of anilines is 3. The van der Waals surface area contributed by atoms with Crippen molar-refractivity contribution in [1.29, 1.82) is 0 Å². The minimum Gasteiger partial charge on any atom is -0.366 e. The fraction of sp³-hybridized carbons (Fsp3) is 0.333. The first-order valence-corrected chi connectivity index (χ1v) is 9.58. The number of nitrogens with one attached hydrogen (secondary N) is 1. The summed E-state index contributed by atoms with van der Waals surface area (Å²) >= 11 is 0. The van der Waals surface area contributed by atoms with Crippen molar-refractivity contribution in [3.8, 4) is 0 Å². The number of nitrogens with zero attached hydrogens (tertiary/aromatic N) is 6. The van der Waals surface area contributed by atoms with Crippen LogP contribution in [0.3, 0.4) is 0 Å². The summed E-state index contributed by atoms with van der Waals surface area (Å²) in [5, 5.41) is 4.36. The van der Waals surface area contributed by atoms with Crippen LogP contribution in [-0.2, 0) is 0 Å². The number of para-hydroxylation sites is 1. The summed E-state index contributed by atoms with van der Waals surface area (Å²) in [4.78, 5) is 23.2. The van der Waals surface area contributed by atoms with Crippen LogP contribution in [0.4, 0.5) is 17.7 Å². The van der Waals surface area contributed by atoms with Crippen molar-refractivity contribution in [2.24, 2.45) is 0 Å². The van der Waals surface area contributed by atoms with Gasteiger partial charge in [-0.1, -0.05) is 18.2 Å². The summed E-state index contributed by atoms with van der Waals surface area (Å²) < 4.78 is 0. The molecule has 3 aromatic rings. The van der Waals surface area contributed by atoms with Crippen molar-refractivity contribution in [2.75, 3.05) is 47.8 Å². The highest BCUT2D eigenvalue weighted by atomic mass is 15.4. The Balaban J connectivity index is 1.55. The van der Waals surface area contributed by atoms with E-state index < -0.39 is 0 Å². The quantitative estimate of drug-likeness (QED) is 0.688. The maximum absolute atomic E-state index is 4.79. The van der Waals surface area contributed by atoms with Gasteiger partial charge in [0.1, 0.15) is 5.82 Å². The van der Waals surface area contributed by atoms with Crippen molar-refractivity contribution in [1.82, 2.24) is 19.9 Å². The number of benzene rings is 1. The standard InChI is InChI=1S/C21H25N7/c1-4-9-22-19-17-7-5-6-8-18(17)25-21(26-19)28-12-10-27(11-13-28)20-23-15(2)14-16(3)24-20/h4-8,14H,1,9-13H2,2-3H3,(H,22,25,26). The van der Waals surface area contributed by atoms with Crippen molar-refractivity contribution in [2.45, 2.75) is 13.8 Å². The Bertz CT molecular complexity index is 973. The Morgan fingerprint density at radius 3 is 2.18 bits per heavy atom. The van der Waals surface area contributed by atoms with Crippen molar-refractivity contribution < 1.29 is 0 Å². The second kappa shape index (κ2) is 7.80. The van der Waals surface area contributed by atoms with Crippen LogP contribution < -0.4 is 15.1 Å². The topological polar surface area (TPSA) is 70.1 Å². The Kier molecular flexibility index (Phi) is 5.06. The van der Waals surface area contributed by atoms with E-state index in [1.54, 1.807) is 0 Å². The second-order valence-corrected chi connectivity index (χ2v) is 6.98. The van der Waals surface area contributed by atoms with Gasteiger partial charge in [0.05, 0.1) is 5.52 Å². The minimum absolute atomic E-state index is 0.665. The van der Waals surface area contributed by atoms with Gasteiger partial charge in [-0.15, -0.1) is 6.58 Å². The SMILES string of the molecule is C=CCNc1nc(N2CCN(c3nc(C)cc(C)n3)CC2)nc2ccccc12. The molecule has 0 radical (unpaired) electrons. The molecule has 1 saturated heterocycles. The van der Waals surface area contributed by atoms with E-state index in [0.717, 1.165) is 66.2 Å². The van der Waals surface area contributed by atoms with Crippen molar-refractivity contribution in [3.05, 3.63) is 54.4 Å². The summed E-state index contributed by atoms with van der Waals surface area (Å²) in [5.74, 6) is 2.41. The summed E-state index contributed by atoms with van der Waals surface area (Å²) in [6.45, 7) is 11.8. The molecule has 1 aliphatic heterocycles. The summed E-state index contributed by atoms with van der Waals surface area (Å²) in [6.07, 6.45) is 1.83. The van der Waals surface area contributed by atoms with Gasteiger partial charge in [0, 0.05) is 49.5 Å². The largest absolute Gasteiger partial charge is 0.366 e. The lowest BCUT2D eigenvalue weighted by Gasteiger charge is -2.35. The van der Waals surface area contributed by atoms with E-state index >= 15 is 0 Å². The van der Waals surface area contributed by atoms with Gasteiger partial charge in [-0.25, -0.2) is 15.0 Å². The first kappa shape index (κ1) is 18.2.